The minimum absolute atomic E-state index is 0. The van der Waals surface area contributed by atoms with Crippen molar-refractivity contribution in [2.24, 2.45) is 11.8 Å². The summed E-state index contributed by atoms with van der Waals surface area (Å²) < 4.78 is 0. The van der Waals surface area contributed by atoms with Crippen molar-refractivity contribution in [2.75, 3.05) is 0 Å². The van der Waals surface area contributed by atoms with Crippen LogP contribution in [0.1, 0.15) is 56.5 Å². The van der Waals surface area contributed by atoms with Crippen molar-refractivity contribution in [2.45, 2.75) is 52.4 Å². The lowest BCUT2D eigenvalue weighted by molar-refractivity contribution is 0.289. The van der Waals surface area contributed by atoms with Crippen molar-refractivity contribution in [3.05, 3.63) is 59.2 Å². The van der Waals surface area contributed by atoms with Gasteiger partial charge in [0.2, 0.25) is 0 Å². The number of hydrogen-bond acceptors (Lipinski definition) is 2. The van der Waals surface area contributed by atoms with Crippen molar-refractivity contribution < 1.29 is 1.43 Å². The topological polar surface area (TPSA) is 25.8 Å². The maximum atomic E-state index is 4.39. The predicted octanol–water partition coefficient (Wildman–Crippen LogP) is 4.99. The number of aromatic nitrogens is 2. The molecular weight excluding hydrogens is 268 g/mol. The van der Waals surface area contributed by atoms with E-state index in [0.717, 1.165) is 29.6 Å². The molecule has 0 atom stereocenters. The molecule has 2 nitrogen and oxygen atoms in total. The smallest absolute Gasteiger partial charge is 0.132 e. The van der Waals surface area contributed by atoms with Crippen LogP contribution in [-0.4, -0.2) is 9.97 Å². The molecule has 0 radical (unpaired) electrons. The first-order valence-electron chi connectivity index (χ1n) is 8.54. The quantitative estimate of drug-likeness (QED) is 0.794. The van der Waals surface area contributed by atoms with Crippen LogP contribution in [0.15, 0.2) is 36.7 Å². The molecule has 0 N–H and O–H groups in total. The zero-order valence-electron chi connectivity index (χ0n) is 13.8. The van der Waals surface area contributed by atoms with E-state index in [2.05, 4.69) is 41.2 Å². The molecule has 0 saturated heterocycles. The molecule has 1 aromatic carbocycles. The summed E-state index contributed by atoms with van der Waals surface area (Å²) in [6.45, 7) is 4.41. The van der Waals surface area contributed by atoms with Crippen LogP contribution in [0.3, 0.4) is 0 Å². The van der Waals surface area contributed by atoms with E-state index in [1.807, 2.05) is 19.3 Å². The lowest BCUT2D eigenvalue weighted by atomic mass is 9.80. The van der Waals surface area contributed by atoms with Gasteiger partial charge in [-0.1, -0.05) is 44.0 Å². The van der Waals surface area contributed by atoms with Gasteiger partial charge in [0.25, 0.3) is 0 Å². The van der Waals surface area contributed by atoms with E-state index in [-0.39, 0.29) is 1.43 Å². The van der Waals surface area contributed by atoms with Gasteiger partial charge < -0.3 is 0 Å². The third-order valence-corrected chi connectivity index (χ3v) is 4.88. The van der Waals surface area contributed by atoms with E-state index in [1.54, 1.807) is 0 Å². The van der Waals surface area contributed by atoms with E-state index >= 15 is 0 Å². The first kappa shape index (κ1) is 15.2. The van der Waals surface area contributed by atoms with Crippen LogP contribution >= 0.6 is 0 Å². The number of rotatable bonds is 4. The first-order chi connectivity index (χ1) is 10.7. The van der Waals surface area contributed by atoms with E-state index in [4.69, 9.17) is 0 Å². The van der Waals surface area contributed by atoms with E-state index in [0.29, 0.717) is 0 Å². The molecule has 0 bridgehead atoms. The minimum Gasteiger partial charge on any atom is -0.241 e. The van der Waals surface area contributed by atoms with E-state index < -0.39 is 0 Å². The summed E-state index contributed by atoms with van der Waals surface area (Å²) in [5.41, 5.74) is 3.89. The standard InChI is InChI=1S/C20H26N2.H2/c1-15-3-5-17(6-4-15)11-18-7-9-19(10-8-18)12-20-21-13-16(2)14-22-20;/h7-10,13-15,17H,3-6,11-12H2,1-2H3;1H. The molecule has 1 heterocycles. The monoisotopic (exact) mass is 296 g/mol. The summed E-state index contributed by atoms with van der Waals surface area (Å²) in [4.78, 5) is 8.77. The molecule has 118 valence electrons. The minimum atomic E-state index is 0. The SMILES string of the molecule is Cc1cnc(Cc2ccc(CC3CCC(C)CC3)cc2)nc1.[HH]. The van der Waals surface area contributed by atoms with Crippen molar-refractivity contribution in [1.29, 1.82) is 0 Å². The van der Waals surface area contributed by atoms with Crippen LogP contribution in [-0.2, 0) is 12.8 Å². The Morgan fingerprint density at radius 1 is 0.955 bits per heavy atom. The van der Waals surface area contributed by atoms with E-state index in [9.17, 15) is 0 Å². The van der Waals surface area contributed by atoms with Crippen LogP contribution < -0.4 is 0 Å². The molecule has 22 heavy (non-hydrogen) atoms. The summed E-state index contributed by atoms with van der Waals surface area (Å²) in [5.74, 6) is 2.73. The summed E-state index contributed by atoms with van der Waals surface area (Å²) in [6.07, 6.45) is 11.5. The van der Waals surface area contributed by atoms with Gasteiger partial charge in [-0.3, -0.25) is 0 Å². The van der Waals surface area contributed by atoms with Crippen LogP contribution in [0.4, 0.5) is 0 Å². The Hall–Kier alpha value is -1.70. The second-order valence-corrected chi connectivity index (χ2v) is 7.00. The molecule has 0 unspecified atom stereocenters. The average Bonchev–Trinajstić information content (AvgIpc) is 2.54. The second kappa shape index (κ2) is 7.04. The van der Waals surface area contributed by atoms with Gasteiger partial charge in [0.05, 0.1) is 0 Å². The van der Waals surface area contributed by atoms with E-state index in [1.165, 1.54) is 43.2 Å². The van der Waals surface area contributed by atoms with Gasteiger partial charge in [0, 0.05) is 20.2 Å². The summed E-state index contributed by atoms with van der Waals surface area (Å²) in [7, 11) is 0. The Labute approximate surface area is 135 Å². The zero-order valence-corrected chi connectivity index (χ0v) is 13.8. The molecule has 0 spiro atoms. The number of aryl methyl sites for hydroxylation is 1. The summed E-state index contributed by atoms with van der Waals surface area (Å²) in [5, 5.41) is 0. The van der Waals surface area contributed by atoms with Crippen molar-refractivity contribution in [1.82, 2.24) is 9.97 Å². The normalized spacial score (nSPS) is 21.7. The third-order valence-electron chi connectivity index (χ3n) is 4.88. The molecule has 3 rings (SSSR count). The Morgan fingerprint density at radius 3 is 2.18 bits per heavy atom. The molecule has 1 fully saturated rings. The lowest BCUT2D eigenvalue weighted by Crippen LogP contribution is -2.14. The van der Waals surface area contributed by atoms with Crippen molar-refractivity contribution in [3.8, 4) is 0 Å². The first-order valence-corrected chi connectivity index (χ1v) is 8.54. The maximum absolute atomic E-state index is 4.39. The summed E-state index contributed by atoms with van der Waals surface area (Å²) >= 11 is 0. The van der Waals surface area contributed by atoms with Gasteiger partial charge in [-0.05, 0) is 54.7 Å². The third kappa shape index (κ3) is 4.16. The highest BCUT2D eigenvalue weighted by Crippen LogP contribution is 2.30. The molecule has 1 aliphatic rings. The molecule has 1 aliphatic carbocycles. The zero-order chi connectivity index (χ0) is 15.4. The fraction of sp³-hybridized carbons (Fsp3) is 0.500. The molecule has 1 aromatic heterocycles. The van der Waals surface area contributed by atoms with Gasteiger partial charge in [0.15, 0.2) is 0 Å². The van der Waals surface area contributed by atoms with Crippen LogP contribution in [0.25, 0.3) is 0 Å². The lowest BCUT2D eigenvalue weighted by Gasteiger charge is -2.26. The molecule has 0 amide bonds. The Balaban J connectivity index is 0.00000192. The highest BCUT2D eigenvalue weighted by atomic mass is 14.9. The van der Waals surface area contributed by atoms with Crippen molar-refractivity contribution >= 4 is 0 Å². The van der Waals surface area contributed by atoms with Crippen molar-refractivity contribution in [3.63, 3.8) is 0 Å². The molecule has 2 aromatic rings. The Bertz CT molecular complexity index is 584. The molecular formula is C20H28N2. The maximum Gasteiger partial charge on any atom is 0.132 e. The van der Waals surface area contributed by atoms with Gasteiger partial charge in [-0.25, -0.2) is 9.97 Å². The number of hydrogen-bond donors (Lipinski definition) is 0. The number of benzene rings is 1. The van der Waals surface area contributed by atoms with Gasteiger partial charge in [0.1, 0.15) is 5.82 Å². The largest absolute Gasteiger partial charge is 0.241 e. The predicted molar refractivity (Wildman–Crippen MR) is 93.0 cm³/mol. The van der Waals surface area contributed by atoms with Crippen LogP contribution in [0.2, 0.25) is 0 Å². The Morgan fingerprint density at radius 2 is 1.55 bits per heavy atom. The molecule has 1 saturated carbocycles. The fourth-order valence-electron chi connectivity index (χ4n) is 3.35. The molecule has 0 aliphatic heterocycles. The fourth-order valence-corrected chi connectivity index (χ4v) is 3.35. The average molecular weight is 296 g/mol. The van der Waals surface area contributed by atoms with Crippen LogP contribution in [0, 0.1) is 18.8 Å². The van der Waals surface area contributed by atoms with Gasteiger partial charge in [-0.15, -0.1) is 0 Å². The Kier molecular flexibility index (Phi) is 4.87. The number of nitrogens with zero attached hydrogens (tertiary/aromatic N) is 2. The highest BCUT2D eigenvalue weighted by molar-refractivity contribution is 5.25. The summed E-state index contributed by atoms with van der Waals surface area (Å²) in [6, 6.07) is 9.07. The second-order valence-electron chi connectivity index (χ2n) is 7.00. The van der Waals surface area contributed by atoms with Gasteiger partial charge >= 0.3 is 0 Å². The van der Waals surface area contributed by atoms with Crippen LogP contribution in [0.5, 0.6) is 0 Å². The molecule has 2 heteroatoms. The van der Waals surface area contributed by atoms with Gasteiger partial charge in [-0.2, -0.15) is 0 Å². The highest BCUT2D eigenvalue weighted by Gasteiger charge is 2.18.